The molecule has 0 radical (unpaired) electrons. The molecule has 0 spiro atoms. The van der Waals surface area contributed by atoms with Crippen molar-refractivity contribution in [2.45, 2.75) is 19.5 Å². The van der Waals surface area contributed by atoms with E-state index in [2.05, 4.69) is 0 Å². The number of halogens is 1. The molecule has 2 heterocycles. The van der Waals surface area contributed by atoms with Crippen molar-refractivity contribution in [1.82, 2.24) is 4.90 Å². The van der Waals surface area contributed by atoms with Gasteiger partial charge < -0.3 is 19.2 Å². The van der Waals surface area contributed by atoms with Crippen molar-refractivity contribution < 1.29 is 23.8 Å². The standard InChI is InChI=1S/C24H20ClNO5/c1-14-5-3-6-15(11-14)21-20(22(27)18-12-16(25)8-9-19(18)30-2)23(28)24(29)26(21)13-17-7-4-10-31-17/h3-12,21,27H,13H2,1-2H3/b22-20+. The van der Waals surface area contributed by atoms with E-state index in [9.17, 15) is 14.7 Å². The third-order valence-corrected chi connectivity index (χ3v) is 5.46. The molecule has 0 aliphatic carbocycles. The number of nitrogens with zero attached hydrogens (tertiary/aromatic N) is 1. The molecular weight excluding hydrogens is 418 g/mol. The van der Waals surface area contributed by atoms with E-state index in [0.29, 0.717) is 22.1 Å². The van der Waals surface area contributed by atoms with Gasteiger partial charge in [0.25, 0.3) is 11.7 Å². The van der Waals surface area contributed by atoms with Gasteiger partial charge in [-0.25, -0.2) is 0 Å². The third-order valence-electron chi connectivity index (χ3n) is 5.22. The minimum Gasteiger partial charge on any atom is -0.507 e. The first-order valence-corrected chi connectivity index (χ1v) is 9.99. The molecule has 158 valence electrons. The molecule has 2 aromatic carbocycles. The minimum absolute atomic E-state index is 0.0253. The van der Waals surface area contributed by atoms with Gasteiger partial charge in [-0.2, -0.15) is 0 Å². The van der Waals surface area contributed by atoms with E-state index in [4.69, 9.17) is 20.8 Å². The summed E-state index contributed by atoms with van der Waals surface area (Å²) < 4.78 is 10.7. The number of rotatable bonds is 5. The van der Waals surface area contributed by atoms with Gasteiger partial charge in [-0.05, 0) is 42.8 Å². The fraction of sp³-hybridized carbons (Fsp3) is 0.167. The smallest absolute Gasteiger partial charge is 0.296 e. The Labute approximate surface area is 184 Å². The van der Waals surface area contributed by atoms with E-state index in [1.54, 1.807) is 24.3 Å². The highest BCUT2D eigenvalue weighted by molar-refractivity contribution is 6.46. The first-order chi connectivity index (χ1) is 14.9. The van der Waals surface area contributed by atoms with Crippen LogP contribution in [0.2, 0.25) is 5.02 Å². The predicted molar refractivity (Wildman–Crippen MR) is 116 cm³/mol. The summed E-state index contributed by atoms with van der Waals surface area (Å²) in [5.41, 5.74) is 1.88. The average molecular weight is 438 g/mol. The van der Waals surface area contributed by atoms with E-state index in [-0.39, 0.29) is 23.4 Å². The van der Waals surface area contributed by atoms with Gasteiger partial charge in [-0.3, -0.25) is 9.59 Å². The number of furan rings is 1. The second kappa shape index (κ2) is 8.32. The van der Waals surface area contributed by atoms with Gasteiger partial charge in [0.05, 0.1) is 37.1 Å². The number of aliphatic hydroxyl groups excluding tert-OH is 1. The Bertz CT molecular complexity index is 1180. The highest BCUT2D eigenvalue weighted by Crippen LogP contribution is 2.42. The van der Waals surface area contributed by atoms with Crippen LogP contribution in [0.3, 0.4) is 0 Å². The van der Waals surface area contributed by atoms with Crippen molar-refractivity contribution in [2.75, 3.05) is 7.11 Å². The van der Waals surface area contributed by atoms with Gasteiger partial charge >= 0.3 is 0 Å². The molecule has 1 aromatic heterocycles. The van der Waals surface area contributed by atoms with Crippen LogP contribution in [0.4, 0.5) is 0 Å². The summed E-state index contributed by atoms with van der Waals surface area (Å²) in [7, 11) is 1.45. The molecule has 0 bridgehead atoms. The van der Waals surface area contributed by atoms with Crippen molar-refractivity contribution in [1.29, 1.82) is 0 Å². The predicted octanol–water partition coefficient (Wildman–Crippen LogP) is 4.87. The topological polar surface area (TPSA) is 80.0 Å². The van der Waals surface area contributed by atoms with Crippen molar-refractivity contribution >= 4 is 29.1 Å². The summed E-state index contributed by atoms with van der Waals surface area (Å²) in [4.78, 5) is 27.5. The van der Waals surface area contributed by atoms with E-state index < -0.39 is 17.7 Å². The molecule has 1 saturated heterocycles. The summed E-state index contributed by atoms with van der Waals surface area (Å²) in [5.74, 6) is -0.976. The van der Waals surface area contributed by atoms with Crippen LogP contribution in [-0.4, -0.2) is 28.8 Å². The van der Waals surface area contributed by atoms with Crippen LogP contribution < -0.4 is 4.74 Å². The third kappa shape index (κ3) is 3.82. The first-order valence-electron chi connectivity index (χ1n) is 9.62. The maximum Gasteiger partial charge on any atom is 0.296 e. The zero-order valence-electron chi connectivity index (χ0n) is 17.0. The Morgan fingerprint density at radius 1 is 1.16 bits per heavy atom. The summed E-state index contributed by atoms with van der Waals surface area (Å²) in [6.45, 7) is 2.00. The van der Waals surface area contributed by atoms with Crippen LogP contribution in [0, 0.1) is 6.92 Å². The van der Waals surface area contributed by atoms with E-state index in [0.717, 1.165) is 5.56 Å². The number of likely N-dealkylation sites (tertiary alicyclic amines) is 1. The number of methoxy groups -OCH3 is 1. The normalized spacial score (nSPS) is 17.9. The number of carbonyl (C=O) groups excluding carboxylic acids is 2. The fourth-order valence-electron chi connectivity index (χ4n) is 3.81. The maximum absolute atomic E-state index is 13.1. The summed E-state index contributed by atoms with van der Waals surface area (Å²) >= 11 is 6.12. The Kier molecular flexibility index (Phi) is 5.57. The molecule has 1 aliphatic rings. The van der Waals surface area contributed by atoms with Gasteiger partial charge in [0.2, 0.25) is 0 Å². The Hall–Kier alpha value is -3.51. The lowest BCUT2D eigenvalue weighted by molar-refractivity contribution is -0.140. The molecule has 4 rings (SSSR count). The van der Waals surface area contributed by atoms with Gasteiger partial charge in [0, 0.05) is 5.02 Å². The molecule has 6 nitrogen and oxygen atoms in total. The lowest BCUT2D eigenvalue weighted by Crippen LogP contribution is -2.29. The molecule has 1 aliphatic heterocycles. The SMILES string of the molecule is COc1ccc(Cl)cc1/C(O)=C1\C(=O)C(=O)N(Cc2ccco2)C1c1cccc(C)c1. The van der Waals surface area contributed by atoms with E-state index >= 15 is 0 Å². The number of amides is 1. The Morgan fingerprint density at radius 3 is 2.65 bits per heavy atom. The fourth-order valence-corrected chi connectivity index (χ4v) is 3.98. The Balaban J connectivity index is 1.92. The number of hydrogen-bond acceptors (Lipinski definition) is 5. The summed E-state index contributed by atoms with van der Waals surface area (Å²) in [6, 6.07) is 14.8. The van der Waals surface area contributed by atoms with Crippen molar-refractivity contribution in [3.63, 3.8) is 0 Å². The van der Waals surface area contributed by atoms with Crippen LogP contribution >= 0.6 is 11.6 Å². The summed E-state index contributed by atoms with van der Waals surface area (Å²) in [6.07, 6.45) is 1.50. The number of Topliss-reactive ketones (excluding diaryl/α,β-unsaturated/α-hetero) is 1. The molecular formula is C24H20ClNO5. The molecule has 1 atom stereocenters. The number of hydrogen-bond donors (Lipinski definition) is 1. The maximum atomic E-state index is 13.1. The number of aryl methyl sites for hydroxylation is 1. The molecule has 1 unspecified atom stereocenters. The number of benzene rings is 2. The van der Waals surface area contributed by atoms with Crippen LogP contribution in [0.15, 0.2) is 70.9 Å². The number of ether oxygens (including phenoxy) is 1. The number of carbonyl (C=O) groups is 2. The highest BCUT2D eigenvalue weighted by atomic mass is 35.5. The van der Waals surface area contributed by atoms with Crippen molar-refractivity contribution in [3.8, 4) is 5.75 Å². The molecule has 0 saturated carbocycles. The first kappa shape index (κ1) is 20.8. The average Bonchev–Trinajstić information content (AvgIpc) is 3.35. The van der Waals surface area contributed by atoms with Gasteiger partial charge in [0.15, 0.2) is 0 Å². The molecule has 31 heavy (non-hydrogen) atoms. The van der Waals surface area contributed by atoms with Crippen LogP contribution in [0.5, 0.6) is 5.75 Å². The largest absolute Gasteiger partial charge is 0.507 e. The second-order valence-corrected chi connectivity index (χ2v) is 7.70. The second-order valence-electron chi connectivity index (χ2n) is 7.27. The molecule has 7 heteroatoms. The zero-order chi connectivity index (χ0) is 22.1. The zero-order valence-corrected chi connectivity index (χ0v) is 17.7. The molecule has 3 aromatic rings. The quantitative estimate of drug-likeness (QED) is 0.350. The van der Waals surface area contributed by atoms with Crippen molar-refractivity contribution in [3.05, 3.63) is 93.9 Å². The van der Waals surface area contributed by atoms with Crippen LogP contribution in [-0.2, 0) is 16.1 Å². The molecule has 1 N–H and O–H groups in total. The highest BCUT2D eigenvalue weighted by Gasteiger charge is 2.46. The lowest BCUT2D eigenvalue weighted by atomic mass is 9.94. The Morgan fingerprint density at radius 2 is 1.97 bits per heavy atom. The number of aliphatic hydroxyl groups is 1. The lowest BCUT2D eigenvalue weighted by Gasteiger charge is -2.25. The van der Waals surface area contributed by atoms with E-state index in [1.807, 2.05) is 31.2 Å². The minimum atomic E-state index is -0.798. The van der Waals surface area contributed by atoms with Gasteiger partial charge in [-0.1, -0.05) is 41.4 Å². The number of ketones is 1. The summed E-state index contributed by atoms with van der Waals surface area (Å²) in [5, 5.41) is 11.6. The molecule has 1 fully saturated rings. The molecule has 1 amide bonds. The van der Waals surface area contributed by atoms with Crippen molar-refractivity contribution in [2.24, 2.45) is 0 Å². The van der Waals surface area contributed by atoms with E-state index in [1.165, 1.54) is 24.3 Å². The van der Waals surface area contributed by atoms with Gasteiger partial charge in [0.1, 0.15) is 17.3 Å². The van der Waals surface area contributed by atoms with Gasteiger partial charge in [-0.15, -0.1) is 0 Å². The monoisotopic (exact) mass is 437 g/mol. The van der Waals surface area contributed by atoms with Crippen LogP contribution in [0.1, 0.15) is 28.5 Å². The van der Waals surface area contributed by atoms with Crippen LogP contribution in [0.25, 0.3) is 5.76 Å².